The first kappa shape index (κ1) is 71.2. The molecule has 0 heterocycles. The van der Waals surface area contributed by atoms with Crippen LogP contribution in [0.15, 0.2) is 0 Å². The molecule has 0 N–H and O–H groups in total. The Bertz CT molecular complexity index is 10.4. The molecule has 0 bridgehead atoms. The molecule has 8 heavy (non-hydrogen) atoms. The Hall–Kier alpha value is 5.35. The van der Waals surface area contributed by atoms with Crippen LogP contribution in [-0.4, -0.2) is 0 Å². The van der Waals surface area contributed by atoms with E-state index in [9.17, 15) is 0 Å². The van der Waals surface area contributed by atoms with Gasteiger partial charge in [0, 0.05) is 0 Å². The molecule has 0 fully saturated rings. The summed E-state index contributed by atoms with van der Waals surface area (Å²) < 4.78 is 0. The van der Waals surface area contributed by atoms with Crippen molar-refractivity contribution in [2.45, 2.75) is 0 Å². The number of rotatable bonds is 0. The van der Waals surface area contributed by atoms with E-state index in [1.54, 1.807) is 0 Å². The third-order valence-corrected chi connectivity index (χ3v) is 0. The van der Waals surface area contributed by atoms with Gasteiger partial charge in [0.15, 0.2) is 0 Å². The molecule has 0 atom stereocenters. The van der Waals surface area contributed by atoms with Gasteiger partial charge in [-0.25, -0.2) is 0 Å². The molecule has 0 saturated heterocycles. The summed E-state index contributed by atoms with van der Waals surface area (Å²) in [6, 6.07) is 0. The number of hydrogen-bond acceptors (Lipinski definition) is 0. The third-order valence-electron chi connectivity index (χ3n) is 0. The van der Waals surface area contributed by atoms with Crippen LogP contribution in [0.1, 0.15) is 0 Å². The van der Waals surface area contributed by atoms with Gasteiger partial charge in [0.2, 0.25) is 0 Å². The van der Waals surface area contributed by atoms with Crippen molar-refractivity contribution >= 4 is 0 Å². The van der Waals surface area contributed by atoms with Crippen molar-refractivity contribution in [3.05, 3.63) is 0 Å². The third kappa shape index (κ3) is 42.5. The second kappa shape index (κ2) is 55.6. The minimum absolute atomic E-state index is 0. The van der Waals surface area contributed by atoms with Crippen molar-refractivity contribution in [3.8, 4) is 0 Å². The average molecular weight is 358 g/mol. The average Bonchev–Trinajstić information content (AvgIpc) is 0. The Kier molecular flexibility index (Phi) is 495. The quantitative estimate of drug-likeness (QED) is 0.378. The molecular formula is Cl5K2Rh. The van der Waals surface area contributed by atoms with E-state index in [4.69, 9.17) is 0 Å². The molecule has 0 amide bonds. The summed E-state index contributed by atoms with van der Waals surface area (Å²) in [4.78, 5) is 0. The smallest absolute Gasteiger partial charge is 1.00 e. The van der Waals surface area contributed by atoms with Gasteiger partial charge in [-0.1, -0.05) is 0 Å². The van der Waals surface area contributed by atoms with E-state index in [1.165, 1.54) is 0 Å². The molecule has 0 unspecified atom stereocenters. The van der Waals surface area contributed by atoms with Crippen LogP contribution < -0.4 is 165 Å². The summed E-state index contributed by atoms with van der Waals surface area (Å²) in [5.41, 5.74) is 0. The van der Waals surface area contributed by atoms with Crippen molar-refractivity contribution in [1.82, 2.24) is 0 Å². The topological polar surface area (TPSA) is 0 Å². The maximum Gasteiger partial charge on any atom is 3.00 e. The van der Waals surface area contributed by atoms with Gasteiger partial charge in [-0.15, -0.1) is 0 Å². The molecule has 0 aromatic rings. The van der Waals surface area contributed by atoms with Crippen molar-refractivity contribution < 1.29 is 184 Å². The van der Waals surface area contributed by atoms with Gasteiger partial charge in [-0.2, -0.15) is 0 Å². The molecule has 0 saturated carbocycles. The normalized spacial score (nSPS) is 0. The van der Waals surface area contributed by atoms with E-state index in [0.717, 1.165) is 0 Å². The maximum atomic E-state index is 0. The Morgan fingerprint density at radius 2 is 0.375 bits per heavy atom. The first-order valence-corrected chi connectivity index (χ1v) is 0. The molecular weight excluding hydrogens is 358 g/mol. The van der Waals surface area contributed by atoms with E-state index in [1.807, 2.05) is 0 Å². The fourth-order valence-corrected chi connectivity index (χ4v) is 0. The van der Waals surface area contributed by atoms with E-state index >= 15 is 0 Å². The molecule has 0 spiro atoms. The van der Waals surface area contributed by atoms with Crippen LogP contribution in [0.4, 0.5) is 0 Å². The predicted molar refractivity (Wildman–Crippen MR) is 0 cm³/mol. The van der Waals surface area contributed by atoms with E-state index < -0.39 is 0 Å². The van der Waals surface area contributed by atoms with Crippen molar-refractivity contribution in [2.24, 2.45) is 0 Å². The molecule has 0 aromatic heterocycles. The first-order valence-electron chi connectivity index (χ1n) is 0. The molecule has 46 valence electrons. The van der Waals surface area contributed by atoms with E-state index in [0.29, 0.717) is 0 Å². The SMILES string of the molecule is [Cl-].[Cl-].[Cl-].[Cl-].[Cl-].[K+].[K+].[Rh+3]. The van der Waals surface area contributed by atoms with Crippen LogP contribution >= 0.6 is 0 Å². The second-order valence-electron chi connectivity index (χ2n) is 0. The standard InChI is InChI=1S/5ClH.2K.Rh/h5*1H;;;/q;;;;;2*+1;+3/p-5. The van der Waals surface area contributed by atoms with Crippen LogP contribution in [0, 0.1) is 0 Å². The van der Waals surface area contributed by atoms with Crippen molar-refractivity contribution in [3.63, 3.8) is 0 Å². The largest absolute Gasteiger partial charge is 3.00 e. The summed E-state index contributed by atoms with van der Waals surface area (Å²) >= 11 is 0. The van der Waals surface area contributed by atoms with Crippen molar-refractivity contribution in [1.29, 1.82) is 0 Å². The summed E-state index contributed by atoms with van der Waals surface area (Å²) in [5, 5.41) is 0. The molecule has 0 aliphatic heterocycles. The zero-order chi connectivity index (χ0) is 0. The first-order chi connectivity index (χ1) is 0. The molecule has 0 rings (SSSR count). The zero-order valence-corrected chi connectivity index (χ0v) is 15.9. The fraction of sp³-hybridized carbons (Fsp3) is 0. The van der Waals surface area contributed by atoms with Crippen LogP contribution in [0.2, 0.25) is 0 Å². The Balaban J connectivity index is 0. The summed E-state index contributed by atoms with van der Waals surface area (Å²) in [6.07, 6.45) is 0. The maximum absolute atomic E-state index is 0. The molecule has 0 aromatic carbocycles. The van der Waals surface area contributed by atoms with Crippen LogP contribution in [0.3, 0.4) is 0 Å². The molecule has 8 heteroatoms. The summed E-state index contributed by atoms with van der Waals surface area (Å²) in [7, 11) is 0. The zero-order valence-electron chi connectivity index (χ0n) is 4.22. The Morgan fingerprint density at radius 1 is 0.375 bits per heavy atom. The van der Waals surface area contributed by atoms with Crippen LogP contribution in [-0.2, 0) is 19.5 Å². The monoisotopic (exact) mass is 356 g/mol. The van der Waals surface area contributed by atoms with E-state index in [2.05, 4.69) is 0 Å². The van der Waals surface area contributed by atoms with Gasteiger partial charge in [-0.05, 0) is 0 Å². The van der Waals surface area contributed by atoms with E-state index in [-0.39, 0.29) is 184 Å². The van der Waals surface area contributed by atoms with Gasteiger partial charge in [0.05, 0.1) is 0 Å². The van der Waals surface area contributed by atoms with Crippen molar-refractivity contribution in [2.75, 3.05) is 0 Å². The van der Waals surface area contributed by atoms with Gasteiger partial charge >= 0.3 is 122 Å². The van der Waals surface area contributed by atoms with Gasteiger partial charge < -0.3 is 62.0 Å². The molecule has 0 aliphatic carbocycles. The predicted octanol–water partition coefficient (Wildman–Crippen LogP) is -21.0. The Morgan fingerprint density at radius 3 is 0.375 bits per heavy atom. The minimum atomic E-state index is 0. The van der Waals surface area contributed by atoms with Gasteiger partial charge in [-0.3, -0.25) is 0 Å². The molecule has 0 nitrogen and oxygen atoms in total. The Labute approximate surface area is 179 Å². The van der Waals surface area contributed by atoms with Crippen LogP contribution in [0.5, 0.6) is 0 Å². The van der Waals surface area contributed by atoms with Gasteiger partial charge in [0.1, 0.15) is 0 Å². The van der Waals surface area contributed by atoms with Crippen LogP contribution in [0.25, 0.3) is 0 Å². The van der Waals surface area contributed by atoms with Gasteiger partial charge in [0.25, 0.3) is 0 Å². The fourth-order valence-electron chi connectivity index (χ4n) is 0. The summed E-state index contributed by atoms with van der Waals surface area (Å²) in [6.45, 7) is 0. The number of hydrogen-bond donors (Lipinski definition) is 0. The minimum Gasteiger partial charge on any atom is -1.00 e. The molecule has 0 aliphatic rings. The number of halogens is 5. The molecule has 0 radical (unpaired) electrons. The second-order valence-corrected chi connectivity index (χ2v) is 0. The summed E-state index contributed by atoms with van der Waals surface area (Å²) in [5.74, 6) is 0.